The summed E-state index contributed by atoms with van der Waals surface area (Å²) in [5.74, 6) is 0.521. The summed E-state index contributed by atoms with van der Waals surface area (Å²) >= 11 is 4.86. The quantitative estimate of drug-likeness (QED) is 0.558. The second kappa shape index (κ2) is 5.90. The molecule has 102 valence electrons. The highest BCUT2D eigenvalue weighted by atomic mass is 79.9. The maximum absolute atomic E-state index is 10.2. The van der Waals surface area contributed by atoms with Gasteiger partial charge in [-0.05, 0) is 17.7 Å². The van der Waals surface area contributed by atoms with Crippen LogP contribution in [0.1, 0.15) is 11.7 Å². The van der Waals surface area contributed by atoms with Gasteiger partial charge in [-0.2, -0.15) is 0 Å². The lowest BCUT2D eigenvalue weighted by Gasteiger charge is -2.10. The van der Waals surface area contributed by atoms with E-state index in [2.05, 4.69) is 35.9 Å². The van der Waals surface area contributed by atoms with Crippen molar-refractivity contribution >= 4 is 38.9 Å². The Morgan fingerprint density at radius 2 is 2.00 bits per heavy atom. The van der Waals surface area contributed by atoms with Crippen molar-refractivity contribution in [2.75, 3.05) is 5.75 Å². The van der Waals surface area contributed by atoms with E-state index in [1.807, 2.05) is 24.3 Å². The summed E-state index contributed by atoms with van der Waals surface area (Å²) in [6.45, 7) is 0. The number of halogens is 1. The van der Waals surface area contributed by atoms with E-state index in [1.165, 1.54) is 18.1 Å². The molecule has 3 rings (SSSR count). The highest BCUT2D eigenvalue weighted by molar-refractivity contribution is 9.10. The van der Waals surface area contributed by atoms with Crippen LogP contribution in [0.25, 0.3) is 11.2 Å². The molecule has 0 aliphatic carbocycles. The number of hydrogen-bond donors (Lipinski definition) is 2. The Morgan fingerprint density at radius 3 is 2.80 bits per heavy atom. The SMILES string of the molecule is OC(CSc1ncnc2nc[nH]c12)c1ccc(Br)cc1. The van der Waals surface area contributed by atoms with Gasteiger partial charge in [0.1, 0.15) is 16.9 Å². The molecule has 7 heteroatoms. The third-order valence-corrected chi connectivity index (χ3v) is 4.41. The molecular formula is C13H11BrN4OS. The van der Waals surface area contributed by atoms with Crippen LogP contribution in [0.3, 0.4) is 0 Å². The summed E-state index contributed by atoms with van der Waals surface area (Å²) in [4.78, 5) is 15.4. The molecule has 0 saturated heterocycles. The number of thioether (sulfide) groups is 1. The van der Waals surface area contributed by atoms with E-state index < -0.39 is 6.10 Å². The number of benzene rings is 1. The smallest absolute Gasteiger partial charge is 0.181 e. The van der Waals surface area contributed by atoms with Gasteiger partial charge in [0, 0.05) is 10.2 Å². The van der Waals surface area contributed by atoms with Crippen LogP contribution in [0, 0.1) is 0 Å². The van der Waals surface area contributed by atoms with E-state index in [4.69, 9.17) is 0 Å². The summed E-state index contributed by atoms with van der Waals surface area (Å²) in [7, 11) is 0. The minimum atomic E-state index is -0.541. The summed E-state index contributed by atoms with van der Waals surface area (Å²) in [6.07, 6.45) is 2.53. The van der Waals surface area contributed by atoms with Gasteiger partial charge in [0.05, 0.1) is 12.4 Å². The van der Waals surface area contributed by atoms with Gasteiger partial charge in [-0.3, -0.25) is 0 Å². The van der Waals surface area contributed by atoms with E-state index >= 15 is 0 Å². The molecule has 1 atom stereocenters. The number of hydrogen-bond acceptors (Lipinski definition) is 5. The number of H-pyrrole nitrogens is 1. The Labute approximate surface area is 128 Å². The number of aliphatic hydroxyl groups excluding tert-OH is 1. The topological polar surface area (TPSA) is 74.7 Å². The molecule has 1 aromatic carbocycles. The van der Waals surface area contributed by atoms with Crippen LogP contribution in [0.5, 0.6) is 0 Å². The monoisotopic (exact) mass is 350 g/mol. The van der Waals surface area contributed by atoms with E-state index in [-0.39, 0.29) is 0 Å². The van der Waals surface area contributed by atoms with Gasteiger partial charge >= 0.3 is 0 Å². The first-order valence-corrected chi connectivity index (χ1v) is 7.72. The molecule has 0 spiro atoms. The van der Waals surface area contributed by atoms with Gasteiger partial charge in [-0.25, -0.2) is 15.0 Å². The minimum absolute atomic E-state index is 0.521. The fourth-order valence-electron chi connectivity index (χ4n) is 1.79. The van der Waals surface area contributed by atoms with Crippen molar-refractivity contribution in [1.82, 2.24) is 19.9 Å². The number of aromatic nitrogens is 4. The van der Waals surface area contributed by atoms with Gasteiger partial charge in [0.2, 0.25) is 0 Å². The number of rotatable bonds is 4. The molecule has 2 N–H and O–H groups in total. The van der Waals surface area contributed by atoms with Crippen molar-refractivity contribution in [2.45, 2.75) is 11.1 Å². The zero-order chi connectivity index (χ0) is 13.9. The number of aromatic amines is 1. The number of nitrogens with one attached hydrogen (secondary N) is 1. The molecule has 1 unspecified atom stereocenters. The Morgan fingerprint density at radius 1 is 1.20 bits per heavy atom. The maximum atomic E-state index is 10.2. The fraction of sp³-hybridized carbons (Fsp3) is 0.154. The van der Waals surface area contributed by atoms with Gasteiger partial charge in [0.15, 0.2) is 5.65 Å². The number of nitrogens with zero attached hydrogens (tertiary/aromatic N) is 3. The maximum Gasteiger partial charge on any atom is 0.181 e. The van der Waals surface area contributed by atoms with Crippen molar-refractivity contribution in [2.24, 2.45) is 0 Å². The van der Waals surface area contributed by atoms with Gasteiger partial charge in [-0.15, -0.1) is 11.8 Å². The second-order valence-corrected chi connectivity index (χ2v) is 6.08. The number of fused-ring (bicyclic) bond motifs is 1. The molecule has 0 amide bonds. The molecule has 0 radical (unpaired) electrons. The highest BCUT2D eigenvalue weighted by Gasteiger charge is 2.11. The number of aliphatic hydroxyl groups is 1. The van der Waals surface area contributed by atoms with Crippen LogP contribution in [-0.4, -0.2) is 30.8 Å². The van der Waals surface area contributed by atoms with E-state index in [9.17, 15) is 5.11 Å². The van der Waals surface area contributed by atoms with Crippen LogP contribution in [0.15, 0.2) is 46.4 Å². The molecule has 2 heterocycles. The average molecular weight is 351 g/mol. The summed E-state index contributed by atoms with van der Waals surface area (Å²) < 4.78 is 0.996. The summed E-state index contributed by atoms with van der Waals surface area (Å²) in [6, 6.07) is 7.64. The molecular weight excluding hydrogens is 340 g/mol. The summed E-state index contributed by atoms with van der Waals surface area (Å²) in [5.41, 5.74) is 2.33. The van der Waals surface area contributed by atoms with Crippen LogP contribution >= 0.6 is 27.7 Å². The third-order valence-electron chi connectivity index (χ3n) is 2.82. The lowest BCUT2D eigenvalue weighted by molar-refractivity contribution is 0.204. The molecule has 0 aliphatic rings. The van der Waals surface area contributed by atoms with Gasteiger partial charge < -0.3 is 10.1 Å². The first-order chi connectivity index (χ1) is 9.74. The van der Waals surface area contributed by atoms with E-state index in [1.54, 1.807) is 6.33 Å². The summed E-state index contributed by atoms with van der Waals surface area (Å²) in [5, 5.41) is 11.0. The largest absolute Gasteiger partial charge is 0.388 e. The van der Waals surface area contributed by atoms with Gasteiger partial charge in [0.25, 0.3) is 0 Å². The second-order valence-electron chi connectivity index (χ2n) is 4.16. The van der Waals surface area contributed by atoms with Crippen molar-refractivity contribution in [3.63, 3.8) is 0 Å². The Hall–Kier alpha value is -1.44. The van der Waals surface area contributed by atoms with Crippen LogP contribution in [0.2, 0.25) is 0 Å². The van der Waals surface area contributed by atoms with Crippen molar-refractivity contribution in [1.29, 1.82) is 0 Å². The molecule has 3 aromatic rings. The standard InChI is InChI=1S/C13H11BrN4OS/c14-9-3-1-8(2-4-9)10(19)5-20-13-11-12(16-6-15-11)17-7-18-13/h1-4,6-7,10,19H,5H2,(H,15,16,17,18). The molecule has 0 bridgehead atoms. The van der Waals surface area contributed by atoms with Crippen molar-refractivity contribution < 1.29 is 5.11 Å². The average Bonchev–Trinajstić information content (AvgIpc) is 2.94. The lowest BCUT2D eigenvalue weighted by atomic mass is 10.1. The highest BCUT2D eigenvalue weighted by Crippen LogP contribution is 2.27. The predicted molar refractivity (Wildman–Crippen MR) is 81.5 cm³/mol. The number of imidazole rings is 1. The van der Waals surface area contributed by atoms with Gasteiger partial charge in [-0.1, -0.05) is 28.1 Å². The molecule has 0 saturated carbocycles. The van der Waals surface area contributed by atoms with Crippen molar-refractivity contribution in [3.8, 4) is 0 Å². The Bertz CT molecular complexity index is 716. The Kier molecular flexibility index (Phi) is 4.00. The minimum Gasteiger partial charge on any atom is -0.388 e. The molecule has 5 nitrogen and oxygen atoms in total. The predicted octanol–water partition coefficient (Wildman–Crippen LogP) is 2.94. The lowest BCUT2D eigenvalue weighted by Crippen LogP contribution is -2.01. The zero-order valence-electron chi connectivity index (χ0n) is 10.3. The van der Waals surface area contributed by atoms with Crippen LogP contribution in [-0.2, 0) is 0 Å². The molecule has 20 heavy (non-hydrogen) atoms. The van der Waals surface area contributed by atoms with E-state index in [0.717, 1.165) is 20.6 Å². The normalized spacial score (nSPS) is 12.7. The molecule has 0 aliphatic heterocycles. The first kappa shape index (κ1) is 13.5. The van der Waals surface area contributed by atoms with Crippen LogP contribution in [0.4, 0.5) is 0 Å². The first-order valence-electron chi connectivity index (χ1n) is 5.94. The Balaban J connectivity index is 1.73. The third kappa shape index (κ3) is 2.84. The zero-order valence-corrected chi connectivity index (χ0v) is 12.7. The molecule has 2 aromatic heterocycles. The van der Waals surface area contributed by atoms with Crippen molar-refractivity contribution in [3.05, 3.63) is 47.0 Å². The molecule has 0 fully saturated rings. The fourth-order valence-corrected chi connectivity index (χ4v) is 2.98. The van der Waals surface area contributed by atoms with Crippen LogP contribution < -0.4 is 0 Å². The van der Waals surface area contributed by atoms with E-state index in [0.29, 0.717) is 11.4 Å².